The predicted molar refractivity (Wildman–Crippen MR) is 66.6 cm³/mol. The molecule has 2 N–H and O–H groups in total. The third-order valence-corrected chi connectivity index (χ3v) is 2.97. The van der Waals surface area contributed by atoms with Crippen LogP contribution >= 0.6 is 0 Å². The SMILES string of the molecule is O=C1CC(CO)CN1c1ccc(OCCO)cc1. The van der Waals surface area contributed by atoms with Crippen molar-refractivity contribution in [2.45, 2.75) is 6.42 Å². The molecule has 1 aromatic rings. The average Bonchev–Trinajstić information content (AvgIpc) is 2.78. The molecule has 0 aromatic heterocycles. The summed E-state index contributed by atoms with van der Waals surface area (Å²) in [7, 11) is 0. The standard InChI is InChI=1S/C13H17NO4/c15-5-6-18-12-3-1-11(2-4-12)14-8-10(9-16)7-13(14)17/h1-4,10,15-16H,5-9H2. The van der Waals surface area contributed by atoms with Crippen LogP contribution in [0.2, 0.25) is 0 Å². The molecule has 18 heavy (non-hydrogen) atoms. The number of aliphatic hydroxyl groups excluding tert-OH is 2. The number of anilines is 1. The molecule has 5 nitrogen and oxygen atoms in total. The Bertz CT molecular complexity index is 404. The summed E-state index contributed by atoms with van der Waals surface area (Å²) in [5.74, 6) is 0.735. The second-order valence-corrected chi connectivity index (χ2v) is 4.32. The van der Waals surface area contributed by atoms with Crippen LogP contribution in [0, 0.1) is 5.92 Å². The highest BCUT2D eigenvalue weighted by molar-refractivity contribution is 5.95. The molecule has 0 aliphatic carbocycles. The van der Waals surface area contributed by atoms with Gasteiger partial charge in [0.2, 0.25) is 5.91 Å². The lowest BCUT2D eigenvalue weighted by atomic mass is 10.1. The number of hydrogen-bond acceptors (Lipinski definition) is 4. The molecular weight excluding hydrogens is 234 g/mol. The van der Waals surface area contributed by atoms with E-state index in [2.05, 4.69) is 0 Å². The molecule has 0 saturated carbocycles. The summed E-state index contributed by atoms with van der Waals surface area (Å²) in [5.41, 5.74) is 0.812. The molecule has 1 atom stereocenters. The molecule has 1 aliphatic heterocycles. The van der Waals surface area contributed by atoms with Gasteiger partial charge < -0.3 is 19.8 Å². The Balaban J connectivity index is 2.03. The van der Waals surface area contributed by atoms with Crippen molar-refractivity contribution in [2.24, 2.45) is 5.92 Å². The van der Waals surface area contributed by atoms with Gasteiger partial charge in [0.1, 0.15) is 12.4 Å². The van der Waals surface area contributed by atoms with E-state index in [4.69, 9.17) is 14.9 Å². The predicted octanol–water partition coefficient (Wildman–Crippen LogP) is 0.403. The topological polar surface area (TPSA) is 70.0 Å². The minimum atomic E-state index is -0.0233. The van der Waals surface area contributed by atoms with Crippen LogP contribution in [-0.4, -0.2) is 42.5 Å². The van der Waals surface area contributed by atoms with Gasteiger partial charge in [0, 0.05) is 31.2 Å². The minimum Gasteiger partial charge on any atom is -0.491 e. The fraction of sp³-hybridized carbons (Fsp3) is 0.462. The van der Waals surface area contributed by atoms with E-state index in [0.29, 0.717) is 18.7 Å². The number of rotatable bonds is 5. The first-order valence-electron chi connectivity index (χ1n) is 5.99. The highest BCUT2D eigenvalue weighted by atomic mass is 16.5. The Morgan fingerprint density at radius 3 is 2.56 bits per heavy atom. The zero-order valence-electron chi connectivity index (χ0n) is 10.1. The smallest absolute Gasteiger partial charge is 0.227 e. The van der Waals surface area contributed by atoms with Crippen molar-refractivity contribution in [1.82, 2.24) is 0 Å². The van der Waals surface area contributed by atoms with Gasteiger partial charge in [-0.25, -0.2) is 0 Å². The van der Waals surface area contributed by atoms with Gasteiger partial charge in [0.15, 0.2) is 0 Å². The summed E-state index contributed by atoms with van der Waals surface area (Å²) in [6.45, 7) is 0.839. The number of carbonyl (C=O) groups excluding carboxylic acids is 1. The highest BCUT2D eigenvalue weighted by Gasteiger charge is 2.29. The number of aliphatic hydroxyl groups is 2. The van der Waals surface area contributed by atoms with E-state index in [1.54, 1.807) is 17.0 Å². The fourth-order valence-corrected chi connectivity index (χ4v) is 2.04. The zero-order valence-corrected chi connectivity index (χ0v) is 10.1. The maximum Gasteiger partial charge on any atom is 0.227 e. The number of hydrogen-bond donors (Lipinski definition) is 2. The van der Waals surface area contributed by atoms with Crippen LogP contribution in [0.15, 0.2) is 24.3 Å². The molecular formula is C13H17NO4. The number of ether oxygens (including phenoxy) is 1. The van der Waals surface area contributed by atoms with Crippen LogP contribution in [0.3, 0.4) is 0 Å². The van der Waals surface area contributed by atoms with Crippen LogP contribution in [0.25, 0.3) is 0 Å². The van der Waals surface area contributed by atoms with E-state index in [0.717, 1.165) is 5.69 Å². The van der Waals surface area contributed by atoms with E-state index >= 15 is 0 Å². The molecule has 0 spiro atoms. The summed E-state index contributed by atoms with van der Waals surface area (Å²) in [6, 6.07) is 7.16. The molecule has 1 aliphatic rings. The quantitative estimate of drug-likeness (QED) is 0.795. The monoisotopic (exact) mass is 251 g/mol. The van der Waals surface area contributed by atoms with Gasteiger partial charge in [0.05, 0.1) is 6.61 Å². The van der Waals surface area contributed by atoms with Gasteiger partial charge in [-0.3, -0.25) is 4.79 Å². The van der Waals surface area contributed by atoms with Crippen molar-refractivity contribution < 1.29 is 19.7 Å². The van der Waals surface area contributed by atoms with Crippen LogP contribution in [-0.2, 0) is 4.79 Å². The molecule has 2 rings (SSSR count). The summed E-state index contributed by atoms with van der Waals surface area (Å²) in [4.78, 5) is 13.4. The molecule has 0 bridgehead atoms. The van der Waals surface area contributed by atoms with Crippen molar-refractivity contribution >= 4 is 11.6 Å². The first kappa shape index (κ1) is 12.9. The van der Waals surface area contributed by atoms with Gasteiger partial charge in [-0.1, -0.05) is 0 Å². The number of benzene rings is 1. The van der Waals surface area contributed by atoms with Crippen molar-refractivity contribution in [3.05, 3.63) is 24.3 Å². The number of carbonyl (C=O) groups is 1. The van der Waals surface area contributed by atoms with E-state index in [-0.39, 0.29) is 31.6 Å². The van der Waals surface area contributed by atoms with E-state index in [1.165, 1.54) is 0 Å². The van der Waals surface area contributed by atoms with E-state index in [1.807, 2.05) is 12.1 Å². The molecule has 0 radical (unpaired) electrons. The molecule has 1 aromatic carbocycles. The Morgan fingerprint density at radius 2 is 2.00 bits per heavy atom. The van der Waals surface area contributed by atoms with Gasteiger partial charge in [-0.2, -0.15) is 0 Å². The lowest BCUT2D eigenvalue weighted by molar-refractivity contribution is -0.117. The first-order valence-corrected chi connectivity index (χ1v) is 5.99. The zero-order chi connectivity index (χ0) is 13.0. The summed E-state index contributed by atoms with van der Waals surface area (Å²) < 4.78 is 5.25. The van der Waals surface area contributed by atoms with Gasteiger partial charge in [0.25, 0.3) is 0 Å². The number of amides is 1. The third-order valence-electron chi connectivity index (χ3n) is 2.97. The summed E-state index contributed by atoms with van der Waals surface area (Å²) in [5, 5.41) is 17.7. The lowest BCUT2D eigenvalue weighted by Crippen LogP contribution is -2.24. The summed E-state index contributed by atoms with van der Waals surface area (Å²) >= 11 is 0. The Morgan fingerprint density at radius 1 is 1.28 bits per heavy atom. The van der Waals surface area contributed by atoms with Crippen molar-refractivity contribution in [3.8, 4) is 5.75 Å². The molecule has 5 heteroatoms. The van der Waals surface area contributed by atoms with Crippen LogP contribution in [0.4, 0.5) is 5.69 Å². The second kappa shape index (κ2) is 5.84. The van der Waals surface area contributed by atoms with Crippen LogP contribution in [0.1, 0.15) is 6.42 Å². The molecule has 1 amide bonds. The molecule has 1 heterocycles. The average molecular weight is 251 g/mol. The third kappa shape index (κ3) is 2.80. The maximum absolute atomic E-state index is 11.8. The largest absolute Gasteiger partial charge is 0.491 e. The molecule has 1 unspecified atom stereocenters. The Kier molecular flexibility index (Phi) is 4.17. The van der Waals surface area contributed by atoms with Crippen LogP contribution in [0.5, 0.6) is 5.75 Å². The molecule has 1 fully saturated rings. The van der Waals surface area contributed by atoms with Gasteiger partial charge >= 0.3 is 0 Å². The number of nitrogens with zero attached hydrogens (tertiary/aromatic N) is 1. The summed E-state index contributed by atoms with van der Waals surface area (Å²) in [6.07, 6.45) is 0.402. The van der Waals surface area contributed by atoms with Crippen molar-refractivity contribution in [3.63, 3.8) is 0 Å². The van der Waals surface area contributed by atoms with E-state index in [9.17, 15) is 4.79 Å². The van der Waals surface area contributed by atoms with Crippen molar-refractivity contribution in [2.75, 3.05) is 31.3 Å². The molecule has 98 valence electrons. The second-order valence-electron chi connectivity index (χ2n) is 4.32. The lowest BCUT2D eigenvalue weighted by Gasteiger charge is -2.16. The fourth-order valence-electron chi connectivity index (χ4n) is 2.04. The van der Waals surface area contributed by atoms with Crippen LogP contribution < -0.4 is 9.64 Å². The highest BCUT2D eigenvalue weighted by Crippen LogP contribution is 2.26. The Labute approximate surface area is 106 Å². The van der Waals surface area contributed by atoms with Gasteiger partial charge in [-0.05, 0) is 24.3 Å². The maximum atomic E-state index is 11.8. The van der Waals surface area contributed by atoms with E-state index < -0.39 is 0 Å². The first-order chi connectivity index (χ1) is 8.74. The van der Waals surface area contributed by atoms with Crippen molar-refractivity contribution in [1.29, 1.82) is 0 Å². The van der Waals surface area contributed by atoms with Gasteiger partial charge in [-0.15, -0.1) is 0 Å². The Hall–Kier alpha value is -1.59. The molecule has 1 saturated heterocycles. The normalized spacial score (nSPS) is 19.3. The minimum absolute atomic E-state index is 0.0233.